The third-order valence-corrected chi connectivity index (χ3v) is 4.38. The number of carbonyl (C=O) groups is 1. The zero-order valence-electron chi connectivity index (χ0n) is 15.7. The molecule has 0 atom stereocenters. The standard InChI is InChI=1S/C21H23N3O2S/c1-4-6-19(25)24-21(27)22-16-8-5-7-15(11-16)20-23-17-12-14(13(2)3)9-10-18(17)26-20/h5,7-13H,4,6H2,1-3H3,(H2,22,24,25,27). The zero-order chi connectivity index (χ0) is 19.4. The lowest BCUT2D eigenvalue weighted by atomic mass is 10.0. The number of thiocarbonyl (C=S) groups is 1. The molecule has 1 heterocycles. The van der Waals surface area contributed by atoms with Gasteiger partial charge in [-0.1, -0.05) is 32.9 Å². The van der Waals surface area contributed by atoms with Crippen LogP contribution >= 0.6 is 12.2 Å². The van der Waals surface area contributed by atoms with Crippen LogP contribution in [-0.4, -0.2) is 16.0 Å². The largest absolute Gasteiger partial charge is 0.436 e. The number of nitrogens with zero attached hydrogens (tertiary/aromatic N) is 1. The zero-order valence-corrected chi connectivity index (χ0v) is 16.5. The second kappa shape index (κ2) is 8.31. The van der Waals surface area contributed by atoms with Gasteiger partial charge in [0.05, 0.1) is 0 Å². The van der Waals surface area contributed by atoms with E-state index in [1.54, 1.807) is 0 Å². The van der Waals surface area contributed by atoms with Crippen LogP contribution < -0.4 is 10.6 Å². The molecular weight excluding hydrogens is 358 g/mol. The van der Waals surface area contributed by atoms with Gasteiger partial charge in [0.25, 0.3) is 0 Å². The Hall–Kier alpha value is -2.73. The van der Waals surface area contributed by atoms with E-state index in [-0.39, 0.29) is 11.0 Å². The Kier molecular flexibility index (Phi) is 5.86. The molecule has 6 heteroatoms. The summed E-state index contributed by atoms with van der Waals surface area (Å²) in [4.78, 5) is 16.3. The lowest BCUT2D eigenvalue weighted by Gasteiger charge is -2.09. The number of anilines is 1. The summed E-state index contributed by atoms with van der Waals surface area (Å²) in [5, 5.41) is 5.98. The van der Waals surface area contributed by atoms with E-state index in [1.807, 2.05) is 37.3 Å². The Morgan fingerprint density at radius 1 is 1.22 bits per heavy atom. The number of oxazole rings is 1. The van der Waals surface area contributed by atoms with Gasteiger partial charge in [-0.05, 0) is 60.5 Å². The summed E-state index contributed by atoms with van der Waals surface area (Å²) in [7, 11) is 0. The van der Waals surface area contributed by atoms with Gasteiger partial charge in [-0.2, -0.15) is 0 Å². The predicted octanol–water partition coefficient (Wildman–Crippen LogP) is 5.23. The van der Waals surface area contributed by atoms with Crippen molar-refractivity contribution in [3.05, 3.63) is 48.0 Å². The van der Waals surface area contributed by atoms with E-state index < -0.39 is 0 Å². The molecule has 1 amide bonds. The summed E-state index contributed by atoms with van der Waals surface area (Å²) >= 11 is 5.20. The highest BCUT2D eigenvalue weighted by Crippen LogP contribution is 2.28. The first-order chi connectivity index (χ1) is 13.0. The number of carbonyl (C=O) groups excluding carboxylic acids is 1. The Labute approximate surface area is 164 Å². The number of amides is 1. The normalized spacial score (nSPS) is 11.0. The van der Waals surface area contributed by atoms with Crippen LogP contribution in [0.15, 0.2) is 46.9 Å². The molecule has 0 fully saturated rings. The Morgan fingerprint density at radius 2 is 2.04 bits per heavy atom. The molecule has 2 N–H and O–H groups in total. The quantitative estimate of drug-likeness (QED) is 0.592. The van der Waals surface area contributed by atoms with Crippen molar-refractivity contribution < 1.29 is 9.21 Å². The maximum absolute atomic E-state index is 11.6. The Bertz CT molecular complexity index is 978. The smallest absolute Gasteiger partial charge is 0.227 e. The number of hydrogen-bond acceptors (Lipinski definition) is 4. The molecule has 0 aliphatic heterocycles. The van der Waals surface area contributed by atoms with Gasteiger partial charge in [0.1, 0.15) is 5.52 Å². The molecule has 1 aromatic heterocycles. The molecule has 5 nitrogen and oxygen atoms in total. The molecule has 140 valence electrons. The van der Waals surface area contributed by atoms with Crippen LogP contribution in [0.25, 0.3) is 22.6 Å². The molecular formula is C21H23N3O2S. The number of hydrogen-bond donors (Lipinski definition) is 2. The van der Waals surface area contributed by atoms with Gasteiger partial charge >= 0.3 is 0 Å². The fourth-order valence-electron chi connectivity index (χ4n) is 2.74. The van der Waals surface area contributed by atoms with Crippen LogP contribution in [0.3, 0.4) is 0 Å². The summed E-state index contributed by atoms with van der Waals surface area (Å²) in [6.07, 6.45) is 1.23. The van der Waals surface area contributed by atoms with E-state index in [0.717, 1.165) is 28.8 Å². The van der Waals surface area contributed by atoms with Crippen LogP contribution in [0.1, 0.15) is 45.1 Å². The Morgan fingerprint density at radius 3 is 2.78 bits per heavy atom. The summed E-state index contributed by atoms with van der Waals surface area (Å²) in [6.45, 7) is 6.25. The highest BCUT2D eigenvalue weighted by molar-refractivity contribution is 7.80. The third-order valence-electron chi connectivity index (χ3n) is 4.18. The number of fused-ring (bicyclic) bond motifs is 1. The van der Waals surface area contributed by atoms with Crippen LogP contribution in [0.5, 0.6) is 0 Å². The van der Waals surface area contributed by atoms with Crippen molar-refractivity contribution in [2.45, 2.75) is 39.5 Å². The van der Waals surface area contributed by atoms with Crippen molar-refractivity contribution in [3.8, 4) is 11.5 Å². The van der Waals surface area contributed by atoms with Gasteiger partial charge in [-0.15, -0.1) is 0 Å². The fraction of sp³-hybridized carbons (Fsp3) is 0.286. The third kappa shape index (κ3) is 4.71. The summed E-state index contributed by atoms with van der Waals surface area (Å²) < 4.78 is 5.90. The van der Waals surface area contributed by atoms with Crippen LogP contribution in [0.4, 0.5) is 5.69 Å². The molecule has 0 bridgehead atoms. The second-order valence-corrected chi connectivity index (χ2v) is 7.14. The SMILES string of the molecule is CCCC(=O)NC(=S)Nc1cccc(-c2nc3cc(C(C)C)ccc3o2)c1. The topological polar surface area (TPSA) is 67.2 Å². The van der Waals surface area contributed by atoms with Crippen molar-refractivity contribution in [3.63, 3.8) is 0 Å². The first-order valence-electron chi connectivity index (χ1n) is 9.08. The first-order valence-corrected chi connectivity index (χ1v) is 9.49. The number of nitrogens with one attached hydrogen (secondary N) is 2. The van der Waals surface area contributed by atoms with Crippen molar-refractivity contribution in [2.24, 2.45) is 0 Å². The monoisotopic (exact) mass is 381 g/mol. The molecule has 0 radical (unpaired) electrons. The van der Waals surface area contributed by atoms with Crippen molar-refractivity contribution in [1.82, 2.24) is 10.3 Å². The molecule has 2 aromatic carbocycles. The molecule has 0 saturated heterocycles. The summed E-state index contributed by atoms with van der Waals surface area (Å²) in [6, 6.07) is 13.7. The molecule has 0 aliphatic rings. The average molecular weight is 382 g/mol. The number of aromatic nitrogens is 1. The lowest BCUT2D eigenvalue weighted by molar-refractivity contribution is -0.119. The van der Waals surface area contributed by atoms with E-state index in [0.29, 0.717) is 18.2 Å². The molecule has 0 spiro atoms. The van der Waals surface area contributed by atoms with E-state index in [1.165, 1.54) is 5.56 Å². The van der Waals surface area contributed by atoms with Gasteiger partial charge in [0.2, 0.25) is 11.8 Å². The lowest BCUT2D eigenvalue weighted by Crippen LogP contribution is -2.33. The minimum absolute atomic E-state index is 0.0916. The van der Waals surface area contributed by atoms with Crippen molar-refractivity contribution >= 4 is 40.0 Å². The summed E-state index contributed by atoms with van der Waals surface area (Å²) in [5.74, 6) is 0.896. The van der Waals surface area contributed by atoms with E-state index in [4.69, 9.17) is 16.6 Å². The molecule has 3 aromatic rings. The van der Waals surface area contributed by atoms with Gasteiger partial charge in [0.15, 0.2) is 10.7 Å². The predicted molar refractivity (Wildman–Crippen MR) is 113 cm³/mol. The first kappa shape index (κ1) is 19.0. The highest BCUT2D eigenvalue weighted by atomic mass is 32.1. The van der Waals surface area contributed by atoms with Gasteiger partial charge < -0.3 is 15.1 Å². The fourth-order valence-corrected chi connectivity index (χ4v) is 2.97. The van der Waals surface area contributed by atoms with Crippen LogP contribution in [0, 0.1) is 0 Å². The minimum Gasteiger partial charge on any atom is -0.436 e. The van der Waals surface area contributed by atoms with E-state index in [9.17, 15) is 4.79 Å². The minimum atomic E-state index is -0.0916. The molecule has 0 saturated carbocycles. The number of rotatable bonds is 5. The average Bonchev–Trinajstić information content (AvgIpc) is 3.05. The Balaban J connectivity index is 1.80. The molecule has 0 aliphatic carbocycles. The second-order valence-electron chi connectivity index (χ2n) is 6.73. The van der Waals surface area contributed by atoms with Crippen LogP contribution in [0.2, 0.25) is 0 Å². The molecule has 0 unspecified atom stereocenters. The van der Waals surface area contributed by atoms with Crippen LogP contribution in [-0.2, 0) is 4.79 Å². The molecule has 27 heavy (non-hydrogen) atoms. The maximum Gasteiger partial charge on any atom is 0.227 e. The van der Waals surface area contributed by atoms with Crippen molar-refractivity contribution in [2.75, 3.05) is 5.32 Å². The maximum atomic E-state index is 11.6. The van der Waals surface area contributed by atoms with Gasteiger partial charge in [0, 0.05) is 17.7 Å². The van der Waals surface area contributed by atoms with Gasteiger partial charge in [-0.3, -0.25) is 4.79 Å². The number of benzene rings is 2. The highest BCUT2D eigenvalue weighted by Gasteiger charge is 2.11. The molecule has 3 rings (SSSR count). The van der Waals surface area contributed by atoms with Crippen molar-refractivity contribution in [1.29, 1.82) is 0 Å². The summed E-state index contributed by atoms with van der Waals surface area (Å²) in [5.41, 5.74) is 4.43. The van der Waals surface area contributed by atoms with E-state index in [2.05, 4.69) is 41.6 Å². The van der Waals surface area contributed by atoms with Gasteiger partial charge in [-0.25, -0.2) is 4.98 Å². The van der Waals surface area contributed by atoms with E-state index >= 15 is 0 Å².